The third-order valence-electron chi connectivity index (χ3n) is 3.15. The Hall–Kier alpha value is -2.37. The van der Waals surface area contributed by atoms with Gasteiger partial charge in [-0.25, -0.2) is 4.79 Å². The van der Waals surface area contributed by atoms with Crippen molar-refractivity contribution < 1.29 is 19.5 Å². The van der Waals surface area contributed by atoms with Gasteiger partial charge in [-0.1, -0.05) is 19.9 Å². The summed E-state index contributed by atoms with van der Waals surface area (Å²) in [4.78, 5) is 34.3. The molecule has 1 aromatic carbocycles. The highest BCUT2D eigenvalue weighted by Gasteiger charge is 2.10. The Bertz CT molecular complexity index is 567. The molecule has 0 fully saturated rings. The molecule has 0 aliphatic carbocycles. The fourth-order valence-corrected chi connectivity index (χ4v) is 1.82. The van der Waals surface area contributed by atoms with E-state index in [0.717, 1.165) is 6.42 Å². The van der Waals surface area contributed by atoms with Gasteiger partial charge in [-0.3, -0.25) is 9.59 Å². The van der Waals surface area contributed by atoms with E-state index in [1.807, 2.05) is 13.8 Å². The molecule has 0 heterocycles. The lowest BCUT2D eigenvalue weighted by Crippen LogP contribution is -2.32. The van der Waals surface area contributed by atoms with Crippen molar-refractivity contribution in [1.29, 1.82) is 0 Å². The average Bonchev–Trinajstić information content (AvgIpc) is 2.44. The van der Waals surface area contributed by atoms with Crippen LogP contribution in [0.3, 0.4) is 0 Å². The maximum Gasteiger partial charge on any atom is 0.336 e. The number of carboxylic acids is 1. The minimum absolute atomic E-state index is 0.132. The first-order valence-corrected chi connectivity index (χ1v) is 7.20. The molecule has 22 heavy (non-hydrogen) atoms. The highest BCUT2D eigenvalue weighted by molar-refractivity contribution is 5.96. The number of carbonyl (C=O) groups excluding carboxylic acids is 2. The third kappa shape index (κ3) is 5.95. The van der Waals surface area contributed by atoms with E-state index in [0.29, 0.717) is 23.6 Å². The average molecular weight is 306 g/mol. The standard InChI is InChI=1S/C16H22N2O4/c1-10(2)4-7-14(19)17-9-15(20)18-12-6-5-11(3)13(8-12)16(21)22/h5-6,8,10H,4,7,9H2,1-3H3,(H,17,19)(H,18,20)(H,21,22). The van der Waals surface area contributed by atoms with E-state index in [1.165, 1.54) is 6.07 Å². The Kier molecular flexibility index (Phi) is 6.56. The molecule has 0 saturated heterocycles. The second-order valence-electron chi connectivity index (χ2n) is 5.59. The largest absolute Gasteiger partial charge is 0.478 e. The number of carboxylic acid groups (broad SMARTS) is 1. The molecule has 0 aromatic heterocycles. The number of carbonyl (C=O) groups is 3. The lowest BCUT2D eigenvalue weighted by Gasteiger charge is -2.09. The Labute approximate surface area is 129 Å². The summed E-state index contributed by atoms with van der Waals surface area (Å²) in [7, 11) is 0. The summed E-state index contributed by atoms with van der Waals surface area (Å²) < 4.78 is 0. The van der Waals surface area contributed by atoms with E-state index in [1.54, 1.807) is 19.1 Å². The number of aromatic carboxylic acids is 1. The van der Waals surface area contributed by atoms with Gasteiger partial charge < -0.3 is 15.7 Å². The molecular weight excluding hydrogens is 284 g/mol. The lowest BCUT2D eigenvalue weighted by molar-refractivity contribution is -0.124. The van der Waals surface area contributed by atoms with Gasteiger partial charge in [-0.15, -0.1) is 0 Å². The highest BCUT2D eigenvalue weighted by Crippen LogP contribution is 2.15. The molecule has 0 aliphatic heterocycles. The summed E-state index contributed by atoms with van der Waals surface area (Å²) in [5.41, 5.74) is 1.15. The zero-order valence-corrected chi connectivity index (χ0v) is 13.1. The number of amides is 2. The molecule has 0 atom stereocenters. The predicted octanol–water partition coefficient (Wildman–Crippen LogP) is 2.18. The van der Waals surface area contributed by atoms with Crippen LogP contribution in [0.2, 0.25) is 0 Å². The summed E-state index contributed by atoms with van der Waals surface area (Å²) in [5.74, 6) is -1.17. The Balaban J connectivity index is 2.50. The van der Waals surface area contributed by atoms with Gasteiger partial charge in [-0.05, 0) is 37.0 Å². The van der Waals surface area contributed by atoms with Crippen LogP contribution in [-0.4, -0.2) is 29.4 Å². The molecule has 0 unspecified atom stereocenters. The van der Waals surface area contributed by atoms with Gasteiger partial charge in [0.2, 0.25) is 11.8 Å². The van der Waals surface area contributed by atoms with Gasteiger partial charge in [0, 0.05) is 12.1 Å². The molecule has 2 amide bonds. The van der Waals surface area contributed by atoms with Gasteiger partial charge in [0.05, 0.1) is 12.1 Å². The normalized spacial score (nSPS) is 10.4. The van der Waals surface area contributed by atoms with E-state index in [2.05, 4.69) is 10.6 Å². The Morgan fingerprint density at radius 2 is 1.86 bits per heavy atom. The van der Waals surface area contributed by atoms with Gasteiger partial charge in [0.1, 0.15) is 0 Å². The first-order chi connectivity index (χ1) is 10.3. The van der Waals surface area contributed by atoms with Gasteiger partial charge >= 0.3 is 5.97 Å². The van der Waals surface area contributed by atoms with Crippen molar-refractivity contribution in [2.45, 2.75) is 33.6 Å². The zero-order valence-electron chi connectivity index (χ0n) is 13.1. The molecular formula is C16H22N2O4. The van der Waals surface area contributed by atoms with Crippen LogP contribution in [0.25, 0.3) is 0 Å². The molecule has 0 radical (unpaired) electrons. The van der Waals surface area contributed by atoms with Crippen molar-refractivity contribution in [1.82, 2.24) is 5.32 Å². The zero-order chi connectivity index (χ0) is 16.7. The maximum absolute atomic E-state index is 11.7. The molecule has 0 saturated carbocycles. The van der Waals surface area contributed by atoms with Gasteiger partial charge in [-0.2, -0.15) is 0 Å². The minimum Gasteiger partial charge on any atom is -0.478 e. The molecule has 1 rings (SSSR count). The topological polar surface area (TPSA) is 95.5 Å². The second-order valence-corrected chi connectivity index (χ2v) is 5.59. The van der Waals surface area contributed by atoms with Crippen molar-refractivity contribution in [3.63, 3.8) is 0 Å². The quantitative estimate of drug-likeness (QED) is 0.719. The van der Waals surface area contributed by atoms with Gasteiger partial charge in [0.15, 0.2) is 0 Å². The molecule has 1 aromatic rings. The smallest absolute Gasteiger partial charge is 0.336 e. The molecule has 0 bridgehead atoms. The van der Waals surface area contributed by atoms with Crippen molar-refractivity contribution in [3.8, 4) is 0 Å². The van der Waals surface area contributed by atoms with Crippen molar-refractivity contribution in [2.75, 3.05) is 11.9 Å². The van der Waals surface area contributed by atoms with Crippen LogP contribution in [0.4, 0.5) is 5.69 Å². The Morgan fingerprint density at radius 3 is 2.45 bits per heavy atom. The predicted molar refractivity (Wildman–Crippen MR) is 83.8 cm³/mol. The van der Waals surface area contributed by atoms with E-state index in [4.69, 9.17) is 5.11 Å². The van der Waals surface area contributed by atoms with E-state index >= 15 is 0 Å². The van der Waals surface area contributed by atoms with Crippen LogP contribution in [0.15, 0.2) is 18.2 Å². The molecule has 120 valence electrons. The van der Waals surface area contributed by atoms with Crippen LogP contribution in [0.5, 0.6) is 0 Å². The number of nitrogens with one attached hydrogen (secondary N) is 2. The van der Waals surface area contributed by atoms with Crippen LogP contribution < -0.4 is 10.6 Å². The minimum atomic E-state index is -1.05. The summed E-state index contributed by atoms with van der Waals surface area (Å²) in [6, 6.07) is 4.65. The van der Waals surface area contributed by atoms with E-state index < -0.39 is 11.9 Å². The molecule has 0 spiro atoms. The molecule has 6 nitrogen and oxygen atoms in total. The SMILES string of the molecule is Cc1ccc(NC(=O)CNC(=O)CCC(C)C)cc1C(=O)O. The number of benzene rings is 1. The fraction of sp³-hybridized carbons (Fsp3) is 0.438. The van der Waals surface area contributed by atoms with Gasteiger partial charge in [0.25, 0.3) is 0 Å². The number of aryl methyl sites for hydroxylation is 1. The summed E-state index contributed by atoms with van der Waals surface area (Å²) in [6.07, 6.45) is 1.16. The third-order valence-corrected chi connectivity index (χ3v) is 3.15. The van der Waals surface area contributed by atoms with Crippen molar-refractivity contribution in [2.24, 2.45) is 5.92 Å². The van der Waals surface area contributed by atoms with E-state index in [9.17, 15) is 14.4 Å². The number of anilines is 1. The number of hydrogen-bond donors (Lipinski definition) is 3. The van der Waals surface area contributed by atoms with Crippen LogP contribution in [0.1, 0.15) is 42.6 Å². The summed E-state index contributed by atoms with van der Waals surface area (Å²) in [5, 5.41) is 14.1. The molecule has 0 aliphatic rings. The monoisotopic (exact) mass is 306 g/mol. The fourth-order valence-electron chi connectivity index (χ4n) is 1.82. The highest BCUT2D eigenvalue weighted by atomic mass is 16.4. The number of rotatable bonds is 7. The lowest BCUT2D eigenvalue weighted by atomic mass is 10.1. The van der Waals surface area contributed by atoms with Crippen LogP contribution in [-0.2, 0) is 9.59 Å². The summed E-state index contributed by atoms with van der Waals surface area (Å²) in [6.45, 7) is 5.60. The Morgan fingerprint density at radius 1 is 1.18 bits per heavy atom. The van der Waals surface area contributed by atoms with Crippen molar-refractivity contribution in [3.05, 3.63) is 29.3 Å². The van der Waals surface area contributed by atoms with Crippen LogP contribution >= 0.6 is 0 Å². The van der Waals surface area contributed by atoms with Crippen molar-refractivity contribution >= 4 is 23.5 Å². The number of hydrogen-bond acceptors (Lipinski definition) is 3. The van der Waals surface area contributed by atoms with Crippen LogP contribution in [0, 0.1) is 12.8 Å². The first-order valence-electron chi connectivity index (χ1n) is 7.20. The maximum atomic E-state index is 11.7. The van der Waals surface area contributed by atoms with E-state index in [-0.39, 0.29) is 18.0 Å². The summed E-state index contributed by atoms with van der Waals surface area (Å²) >= 11 is 0. The molecule has 6 heteroatoms. The first kappa shape index (κ1) is 17.7. The molecule has 3 N–H and O–H groups in total. The second kappa shape index (κ2) is 8.17.